The molecule has 1 N–H and O–H groups in total. The number of carbonyl (C=O) groups is 1. The highest BCUT2D eigenvalue weighted by atomic mass is 35.5. The molecule has 1 aromatic carbocycles. The number of halogens is 2. The number of benzene rings is 1. The van der Waals surface area contributed by atoms with Gasteiger partial charge < -0.3 is 5.32 Å². The highest BCUT2D eigenvalue weighted by Crippen LogP contribution is 2.26. The Morgan fingerprint density at radius 2 is 2.00 bits per heavy atom. The van der Waals surface area contributed by atoms with Crippen molar-refractivity contribution in [1.82, 2.24) is 5.32 Å². The van der Waals surface area contributed by atoms with E-state index in [0.717, 1.165) is 19.3 Å². The lowest BCUT2D eigenvalue weighted by molar-refractivity contribution is 0.0911. The summed E-state index contributed by atoms with van der Waals surface area (Å²) in [4.78, 5) is 12.2. The molecule has 98 valence electrons. The Balaban J connectivity index is 2.04. The van der Waals surface area contributed by atoms with E-state index in [-0.39, 0.29) is 11.9 Å². The summed E-state index contributed by atoms with van der Waals surface area (Å²) in [5.74, 6) is 0.891. The van der Waals surface area contributed by atoms with Gasteiger partial charge in [0.15, 0.2) is 0 Å². The predicted octanol–water partition coefficient (Wildman–Crippen LogP) is 3.87. The summed E-state index contributed by atoms with van der Waals surface area (Å²) >= 11 is 12.0. The fourth-order valence-electron chi connectivity index (χ4n) is 2.47. The summed E-state index contributed by atoms with van der Waals surface area (Å²) in [7, 11) is 0. The quantitative estimate of drug-likeness (QED) is 0.840. The molecule has 1 amide bonds. The highest BCUT2D eigenvalue weighted by molar-refractivity contribution is 6.33. The second-order valence-corrected chi connectivity index (χ2v) is 5.47. The number of amides is 1. The zero-order valence-electron chi connectivity index (χ0n) is 10.2. The van der Waals surface area contributed by atoms with Crippen LogP contribution in [0.2, 0.25) is 5.02 Å². The molecule has 0 bridgehead atoms. The molecule has 1 fully saturated rings. The van der Waals surface area contributed by atoms with Crippen LogP contribution >= 0.6 is 23.2 Å². The second kappa shape index (κ2) is 6.44. The maximum Gasteiger partial charge on any atom is 0.253 e. The standard InChI is InChI=1S/C14H17Cl2NO/c15-9-10-5-1-4-8-13(10)17-14(18)11-6-2-3-7-12(11)16/h2-3,6-7,10,13H,1,4-5,8-9H2,(H,17,18). The van der Waals surface area contributed by atoms with Gasteiger partial charge in [-0.1, -0.05) is 36.6 Å². The Morgan fingerprint density at radius 3 is 2.72 bits per heavy atom. The highest BCUT2D eigenvalue weighted by Gasteiger charge is 2.26. The van der Waals surface area contributed by atoms with Gasteiger partial charge in [-0.05, 0) is 30.9 Å². The van der Waals surface area contributed by atoms with Crippen molar-refractivity contribution in [2.75, 3.05) is 5.88 Å². The number of nitrogens with one attached hydrogen (secondary N) is 1. The Bertz CT molecular complexity index is 422. The number of carbonyl (C=O) groups excluding carboxylic acids is 1. The van der Waals surface area contributed by atoms with Crippen LogP contribution in [0.5, 0.6) is 0 Å². The van der Waals surface area contributed by atoms with Gasteiger partial charge in [-0.3, -0.25) is 4.79 Å². The molecule has 0 saturated heterocycles. The lowest BCUT2D eigenvalue weighted by Gasteiger charge is -2.30. The van der Waals surface area contributed by atoms with E-state index in [4.69, 9.17) is 23.2 Å². The van der Waals surface area contributed by atoms with Crippen LogP contribution in [-0.2, 0) is 0 Å². The summed E-state index contributed by atoms with van der Waals surface area (Å²) in [6, 6.07) is 7.30. The molecule has 1 aromatic rings. The minimum Gasteiger partial charge on any atom is -0.349 e. The fraction of sp³-hybridized carbons (Fsp3) is 0.500. The van der Waals surface area contributed by atoms with Gasteiger partial charge in [0.1, 0.15) is 0 Å². The maximum absolute atomic E-state index is 12.2. The van der Waals surface area contributed by atoms with Crippen LogP contribution in [0.4, 0.5) is 0 Å². The smallest absolute Gasteiger partial charge is 0.253 e. The van der Waals surface area contributed by atoms with Gasteiger partial charge in [-0.15, -0.1) is 11.6 Å². The van der Waals surface area contributed by atoms with Crippen molar-refractivity contribution in [3.8, 4) is 0 Å². The molecule has 2 rings (SSSR count). The molecular weight excluding hydrogens is 269 g/mol. The van der Waals surface area contributed by atoms with Gasteiger partial charge in [0, 0.05) is 11.9 Å². The number of rotatable bonds is 3. The molecule has 1 aliphatic rings. The molecule has 0 heterocycles. The Morgan fingerprint density at radius 1 is 1.28 bits per heavy atom. The summed E-state index contributed by atoms with van der Waals surface area (Å²) in [5.41, 5.74) is 0.540. The molecule has 0 aromatic heterocycles. The first kappa shape index (κ1) is 13.7. The van der Waals surface area contributed by atoms with Crippen molar-refractivity contribution in [1.29, 1.82) is 0 Å². The van der Waals surface area contributed by atoms with Gasteiger partial charge in [0.05, 0.1) is 10.6 Å². The summed E-state index contributed by atoms with van der Waals surface area (Å²) in [6.07, 6.45) is 4.46. The first-order chi connectivity index (χ1) is 8.72. The molecule has 0 aliphatic heterocycles. The summed E-state index contributed by atoms with van der Waals surface area (Å²) < 4.78 is 0. The van der Waals surface area contributed by atoms with Crippen LogP contribution in [0.15, 0.2) is 24.3 Å². The van der Waals surface area contributed by atoms with E-state index >= 15 is 0 Å². The van der Waals surface area contributed by atoms with E-state index < -0.39 is 0 Å². The fourth-order valence-corrected chi connectivity index (χ4v) is 3.06. The third-order valence-electron chi connectivity index (χ3n) is 3.54. The van der Waals surface area contributed by atoms with Crippen molar-refractivity contribution >= 4 is 29.1 Å². The van der Waals surface area contributed by atoms with Crippen LogP contribution in [0.1, 0.15) is 36.0 Å². The van der Waals surface area contributed by atoms with Crippen LogP contribution in [0, 0.1) is 5.92 Å². The average Bonchev–Trinajstić information content (AvgIpc) is 2.39. The lowest BCUT2D eigenvalue weighted by atomic mass is 9.85. The first-order valence-electron chi connectivity index (χ1n) is 6.33. The average molecular weight is 286 g/mol. The molecule has 4 heteroatoms. The SMILES string of the molecule is O=C(NC1CCCCC1CCl)c1ccccc1Cl. The molecule has 18 heavy (non-hydrogen) atoms. The summed E-state index contributed by atoms with van der Waals surface area (Å²) in [6.45, 7) is 0. The predicted molar refractivity (Wildman–Crippen MR) is 75.4 cm³/mol. The minimum atomic E-state index is -0.0948. The Kier molecular flexibility index (Phi) is 4.90. The first-order valence-corrected chi connectivity index (χ1v) is 7.25. The van der Waals surface area contributed by atoms with Crippen molar-refractivity contribution in [3.05, 3.63) is 34.9 Å². The topological polar surface area (TPSA) is 29.1 Å². The normalized spacial score (nSPS) is 23.7. The van der Waals surface area contributed by atoms with Gasteiger partial charge in [-0.25, -0.2) is 0 Å². The molecule has 2 nitrogen and oxygen atoms in total. The zero-order chi connectivity index (χ0) is 13.0. The van der Waals surface area contributed by atoms with Crippen molar-refractivity contribution < 1.29 is 4.79 Å². The molecule has 2 atom stereocenters. The van der Waals surface area contributed by atoms with Crippen LogP contribution in [-0.4, -0.2) is 17.8 Å². The second-order valence-electron chi connectivity index (χ2n) is 4.76. The molecule has 1 aliphatic carbocycles. The molecular formula is C14H17Cl2NO. The van der Waals surface area contributed by atoms with Crippen LogP contribution < -0.4 is 5.32 Å². The van der Waals surface area contributed by atoms with Crippen LogP contribution in [0.3, 0.4) is 0 Å². The third-order valence-corrected chi connectivity index (χ3v) is 4.27. The van der Waals surface area contributed by atoms with Crippen molar-refractivity contribution in [2.24, 2.45) is 5.92 Å². The van der Waals surface area contributed by atoms with E-state index in [0.29, 0.717) is 22.4 Å². The van der Waals surface area contributed by atoms with Gasteiger partial charge >= 0.3 is 0 Å². The number of hydrogen-bond donors (Lipinski definition) is 1. The van der Waals surface area contributed by atoms with E-state index in [1.165, 1.54) is 6.42 Å². The number of alkyl halides is 1. The molecule has 2 unspecified atom stereocenters. The minimum absolute atomic E-state index is 0.0948. The van der Waals surface area contributed by atoms with E-state index in [1.54, 1.807) is 12.1 Å². The van der Waals surface area contributed by atoms with E-state index in [2.05, 4.69) is 5.32 Å². The van der Waals surface area contributed by atoms with Crippen LogP contribution in [0.25, 0.3) is 0 Å². The zero-order valence-corrected chi connectivity index (χ0v) is 11.7. The van der Waals surface area contributed by atoms with E-state index in [9.17, 15) is 4.79 Å². The number of hydrogen-bond acceptors (Lipinski definition) is 1. The summed E-state index contributed by atoms with van der Waals surface area (Å²) in [5, 5.41) is 3.56. The molecule has 0 radical (unpaired) electrons. The Labute approximate surface area is 118 Å². The van der Waals surface area contributed by atoms with E-state index in [1.807, 2.05) is 12.1 Å². The third kappa shape index (κ3) is 3.18. The van der Waals surface area contributed by atoms with Gasteiger partial charge in [0.2, 0.25) is 0 Å². The largest absolute Gasteiger partial charge is 0.349 e. The maximum atomic E-state index is 12.2. The monoisotopic (exact) mass is 285 g/mol. The lowest BCUT2D eigenvalue weighted by Crippen LogP contribution is -2.42. The van der Waals surface area contributed by atoms with Crippen molar-refractivity contribution in [2.45, 2.75) is 31.7 Å². The van der Waals surface area contributed by atoms with Crippen molar-refractivity contribution in [3.63, 3.8) is 0 Å². The Hall–Kier alpha value is -0.730. The molecule has 0 spiro atoms. The molecule has 1 saturated carbocycles. The van der Waals surface area contributed by atoms with Gasteiger partial charge in [0.25, 0.3) is 5.91 Å². The van der Waals surface area contributed by atoms with Gasteiger partial charge in [-0.2, -0.15) is 0 Å².